The van der Waals surface area contributed by atoms with Crippen LogP contribution in [0.15, 0.2) is 17.0 Å². The molecule has 7 heteroatoms. The van der Waals surface area contributed by atoms with Crippen LogP contribution in [0.5, 0.6) is 0 Å². The van der Waals surface area contributed by atoms with Gasteiger partial charge in [-0.2, -0.15) is 0 Å². The molecule has 0 radical (unpaired) electrons. The lowest BCUT2D eigenvalue weighted by Gasteiger charge is -2.36. The Morgan fingerprint density at radius 1 is 1.63 bits per heavy atom. The van der Waals surface area contributed by atoms with Crippen LogP contribution in [0.1, 0.15) is 13.8 Å². The molecule has 1 saturated heterocycles. The number of halogens is 1. The lowest BCUT2D eigenvalue weighted by molar-refractivity contribution is -0.125. The molecule has 0 saturated carbocycles. The summed E-state index contributed by atoms with van der Waals surface area (Å²) in [6.07, 6.45) is 3.15. The monoisotopic (exact) mass is 328 g/mol. The van der Waals surface area contributed by atoms with E-state index in [1.807, 2.05) is 18.7 Å². The van der Waals surface area contributed by atoms with E-state index in [0.717, 1.165) is 10.3 Å². The molecular weight excluding hydrogens is 312 g/mol. The van der Waals surface area contributed by atoms with Crippen molar-refractivity contribution in [2.45, 2.75) is 25.9 Å². The van der Waals surface area contributed by atoms with Gasteiger partial charge in [-0.1, -0.05) is 0 Å². The molecule has 1 unspecified atom stereocenters. The predicted molar refractivity (Wildman–Crippen MR) is 75.0 cm³/mol. The van der Waals surface area contributed by atoms with Crippen molar-refractivity contribution in [1.29, 1.82) is 0 Å². The van der Waals surface area contributed by atoms with Gasteiger partial charge >= 0.3 is 0 Å². The van der Waals surface area contributed by atoms with E-state index in [-0.39, 0.29) is 18.0 Å². The summed E-state index contributed by atoms with van der Waals surface area (Å²) >= 11 is 3.42. The van der Waals surface area contributed by atoms with Gasteiger partial charge in [0.25, 0.3) is 0 Å². The summed E-state index contributed by atoms with van der Waals surface area (Å²) < 4.78 is 6.19. The summed E-state index contributed by atoms with van der Waals surface area (Å²) in [4.78, 5) is 22.4. The number of morpholine rings is 1. The smallest absolute Gasteiger partial charge is 0.245 e. The van der Waals surface area contributed by atoms with Gasteiger partial charge in [0.2, 0.25) is 5.91 Å². The molecule has 1 aromatic heterocycles. The van der Waals surface area contributed by atoms with E-state index < -0.39 is 0 Å². The molecule has 1 N–H and O–H groups in total. The minimum atomic E-state index is -0.359. The Bertz CT molecular complexity index is 455. The fraction of sp³-hybridized carbons (Fsp3) is 0.583. The first-order chi connectivity index (χ1) is 9.09. The van der Waals surface area contributed by atoms with E-state index in [1.165, 1.54) is 6.33 Å². The van der Waals surface area contributed by atoms with E-state index in [9.17, 15) is 4.79 Å². The predicted octanol–water partition coefficient (Wildman–Crippen LogP) is 0.969. The number of nitrogens with one attached hydrogen (secondary N) is 1. The topological polar surface area (TPSA) is 67.3 Å². The third-order valence-corrected chi connectivity index (χ3v) is 3.34. The van der Waals surface area contributed by atoms with Crippen LogP contribution in [0, 0.1) is 0 Å². The van der Waals surface area contributed by atoms with E-state index >= 15 is 0 Å². The summed E-state index contributed by atoms with van der Waals surface area (Å²) in [7, 11) is 0. The lowest BCUT2D eigenvalue weighted by Crippen LogP contribution is -2.55. The van der Waals surface area contributed by atoms with Gasteiger partial charge in [0.15, 0.2) is 0 Å². The normalized spacial score (nSPS) is 19.6. The van der Waals surface area contributed by atoms with Gasteiger partial charge in [0.05, 0.1) is 17.7 Å². The third kappa shape index (κ3) is 3.42. The minimum absolute atomic E-state index is 0.0415. The molecule has 0 bridgehead atoms. The maximum Gasteiger partial charge on any atom is 0.245 e. The van der Waals surface area contributed by atoms with Gasteiger partial charge < -0.3 is 15.0 Å². The summed E-state index contributed by atoms with van der Waals surface area (Å²) in [5.41, 5.74) is 0. The molecule has 0 aliphatic carbocycles. The molecule has 2 rings (SSSR count). The van der Waals surface area contributed by atoms with Crippen molar-refractivity contribution in [2.75, 3.05) is 24.7 Å². The number of carbonyl (C=O) groups excluding carboxylic acids is 1. The third-order valence-electron chi connectivity index (χ3n) is 2.78. The number of rotatable bonds is 3. The Labute approximate surface area is 120 Å². The molecule has 1 amide bonds. The average Bonchev–Trinajstić information content (AvgIpc) is 2.38. The number of ether oxygens (including phenoxy) is 1. The SMILES string of the molecule is CC(C)NC(=O)C1COCCN1c1ncncc1Br. The van der Waals surface area contributed by atoms with Crippen LogP contribution in [0.25, 0.3) is 0 Å². The van der Waals surface area contributed by atoms with Crippen LogP contribution < -0.4 is 10.2 Å². The van der Waals surface area contributed by atoms with Crippen molar-refractivity contribution < 1.29 is 9.53 Å². The number of carbonyl (C=O) groups is 1. The highest BCUT2D eigenvalue weighted by molar-refractivity contribution is 9.10. The first-order valence-electron chi connectivity index (χ1n) is 6.20. The molecule has 1 atom stereocenters. The number of amides is 1. The van der Waals surface area contributed by atoms with Crippen molar-refractivity contribution in [3.05, 3.63) is 17.0 Å². The Kier molecular flexibility index (Phi) is 4.71. The average molecular weight is 329 g/mol. The quantitative estimate of drug-likeness (QED) is 0.895. The Morgan fingerprint density at radius 2 is 2.42 bits per heavy atom. The highest BCUT2D eigenvalue weighted by Gasteiger charge is 2.31. The van der Waals surface area contributed by atoms with Gasteiger partial charge in [0, 0.05) is 18.8 Å². The zero-order chi connectivity index (χ0) is 13.8. The highest BCUT2D eigenvalue weighted by Crippen LogP contribution is 2.25. The van der Waals surface area contributed by atoms with Gasteiger partial charge in [-0.3, -0.25) is 4.79 Å². The van der Waals surface area contributed by atoms with Crippen molar-refractivity contribution in [2.24, 2.45) is 0 Å². The fourth-order valence-corrected chi connectivity index (χ4v) is 2.42. The summed E-state index contributed by atoms with van der Waals surface area (Å²) in [5.74, 6) is 0.683. The standard InChI is InChI=1S/C12H17BrN4O2/c1-8(2)16-12(18)10-6-19-4-3-17(10)11-9(13)5-14-7-15-11/h5,7-8,10H,3-4,6H2,1-2H3,(H,16,18). The van der Waals surface area contributed by atoms with Gasteiger partial charge in [-0.15, -0.1) is 0 Å². The van der Waals surface area contributed by atoms with Gasteiger partial charge in [0.1, 0.15) is 18.2 Å². The number of nitrogens with zero attached hydrogens (tertiary/aromatic N) is 3. The summed E-state index contributed by atoms with van der Waals surface area (Å²) in [5, 5.41) is 2.91. The zero-order valence-electron chi connectivity index (χ0n) is 11.0. The summed E-state index contributed by atoms with van der Waals surface area (Å²) in [6, 6.07) is -0.257. The van der Waals surface area contributed by atoms with Crippen molar-refractivity contribution >= 4 is 27.7 Å². The molecular formula is C12H17BrN4O2. The molecule has 2 heterocycles. The summed E-state index contributed by atoms with van der Waals surface area (Å²) in [6.45, 7) is 5.46. The largest absolute Gasteiger partial charge is 0.377 e. The van der Waals surface area contributed by atoms with E-state index in [4.69, 9.17) is 4.74 Å². The molecule has 0 spiro atoms. The van der Waals surface area contributed by atoms with Crippen LogP contribution in [0.3, 0.4) is 0 Å². The Balaban J connectivity index is 2.21. The molecule has 19 heavy (non-hydrogen) atoms. The number of anilines is 1. The molecule has 1 aliphatic rings. The Morgan fingerprint density at radius 3 is 3.11 bits per heavy atom. The minimum Gasteiger partial charge on any atom is -0.377 e. The molecule has 0 aromatic carbocycles. The van der Waals surface area contributed by atoms with E-state index in [0.29, 0.717) is 19.8 Å². The lowest BCUT2D eigenvalue weighted by atomic mass is 10.2. The van der Waals surface area contributed by atoms with Crippen LogP contribution >= 0.6 is 15.9 Å². The Hall–Kier alpha value is -1.21. The maximum atomic E-state index is 12.2. The second kappa shape index (κ2) is 6.29. The second-order valence-corrected chi connectivity index (χ2v) is 5.50. The maximum absolute atomic E-state index is 12.2. The molecule has 1 aromatic rings. The highest BCUT2D eigenvalue weighted by atomic mass is 79.9. The van der Waals surface area contributed by atoms with Crippen molar-refractivity contribution in [1.82, 2.24) is 15.3 Å². The molecule has 104 valence electrons. The van der Waals surface area contributed by atoms with E-state index in [2.05, 4.69) is 31.2 Å². The number of hydrogen-bond acceptors (Lipinski definition) is 5. The van der Waals surface area contributed by atoms with Crippen LogP contribution in [0.4, 0.5) is 5.82 Å². The zero-order valence-corrected chi connectivity index (χ0v) is 12.6. The van der Waals surface area contributed by atoms with Gasteiger partial charge in [-0.05, 0) is 29.8 Å². The number of hydrogen-bond donors (Lipinski definition) is 1. The van der Waals surface area contributed by atoms with Crippen LogP contribution in [-0.2, 0) is 9.53 Å². The molecule has 1 fully saturated rings. The first kappa shape index (κ1) is 14.2. The van der Waals surface area contributed by atoms with Crippen molar-refractivity contribution in [3.8, 4) is 0 Å². The first-order valence-corrected chi connectivity index (χ1v) is 6.99. The second-order valence-electron chi connectivity index (χ2n) is 4.64. The van der Waals surface area contributed by atoms with Gasteiger partial charge in [-0.25, -0.2) is 9.97 Å². The van der Waals surface area contributed by atoms with E-state index in [1.54, 1.807) is 6.20 Å². The fourth-order valence-electron chi connectivity index (χ4n) is 1.97. The van der Waals surface area contributed by atoms with Crippen LogP contribution in [0.2, 0.25) is 0 Å². The molecule has 6 nitrogen and oxygen atoms in total. The van der Waals surface area contributed by atoms with Crippen LogP contribution in [-0.4, -0.2) is 47.7 Å². The molecule has 1 aliphatic heterocycles. The van der Waals surface area contributed by atoms with Crippen molar-refractivity contribution in [3.63, 3.8) is 0 Å². The number of aromatic nitrogens is 2.